The first kappa shape index (κ1) is 12.3. The average Bonchev–Trinajstić information content (AvgIpc) is 2.68. The van der Waals surface area contributed by atoms with Gasteiger partial charge in [0.2, 0.25) is 0 Å². The highest BCUT2D eigenvalue weighted by molar-refractivity contribution is 5.89. The van der Waals surface area contributed by atoms with Crippen LogP contribution in [0.25, 0.3) is 11.0 Å². The summed E-state index contributed by atoms with van der Waals surface area (Å²) in [5.41, 5.74) is 1.57. The van der Waals surface area contributed by atoms with Crippen molar-refractivity contribution in [1.82, 2.24) is 20.2 Å². The van der Waals surface area contributed by atoms with Crippen molar-refractivity contribution in [3.63, 3.8) is 0 Å². The molecule has 0 radical (unpaired) electrons. The minimum atomic E-state index is -0.477. The number of alkyl halides is 1. The zero-order valence-electron chi connectivity index (χ0n) is 10.8. The molecule has 0 saturated carbocycles. The summed E-state index contributed by atoms with van der Waals surface area (Å²) in [7, 11) is 0. The van der Waals surface area contributed by atoms with Crippen LogP contribution >= 0.6 is 0 Å². The summed E-state index contributed by atoms with van der Waals surface area (Å²) < 4.78 is 18.3. The first-order valence-corrected chi connectivity index (χ1v) is 6.38. The fraction of sp³-hybridized carbons (Fsp3) is 0.583. The van der Waals surface area contributed by atoms with Crippen LogP contribution in [0.15, 0.2) is 6.33 Å². The van der Waals surface area contributed by atoms with Crippen LogP contribution < -0.4 is 4.90 Å². The molecule has 1 aliphatic heterocycles. The van der Waals surface area contributed by atoms with Crippen molar-refractivity contribution < 1.29 is 9.13 Å². The van der Waals surface area contributed by atoms with E-state index in [1.54, 1.807) is 0 Å². The van der Waals surface area contributed by atoms with Crippen molar-refractivity contribution >= 4 is 16.9 Å². The second kappa shape index (κ2) is 5.08. The van der Waals surface area contributed by atoms with Crippen LogP contribution in [0.1, 0.15) is 12.1 Å². The predicted molar refractivity (Wildman–Crippen MR) is 69.0 cm³/mol. The number of hydrogen-bond donors (Lipinski definition) is 1. The van der Waals surface area contributed by atoms with Crippen LogP contribution in [0.4, 0.5) is 10.2 Å². The summed E-state index contributed by atoms with van der Waals surface area (Å²) in [6.45, 7) is 3.35. The fourth-order valence-corrected chi connectivity index (χ4v) is 2.40. The summed E-state index contributed by atoms with van der Waals surface area (Å²) in [5, 5.41) is 7.95. The van der Waals surface area contributed by atoms with E-state index in [0.29, 0.717) is 18.8 Å². The van der Waals surface area contributed by atoms with Gasteiger partial charge >= 0.3 is 0 Å². The van der Waals surface area contributed by atoms with Gasteiger partial charge in [0.1, 0.15) is 24.9 Å². The maximum absolute atomic E-state index is 12.9. The van der Waals surface area contributed by atoms with Crippen LogP contribution in [-0.4, -0.2) is 52.6 Å². The summed E-state index contributed by atoms with van der Waals surface area (Å²) >= 11 is 0. The van der Waals surface area contributed by atoms with Crippen molar-refractivity contribution in [2.45, 2.75) is 19.4 Å². The summed E-state index contributed by atoms with van der Waals surface area (Å²) in [4.78, 5) is 10.5. The summed E-state index contributed by atoms with van der Waals surface area (Å²) in [6, 6.07) is 0. The SMILES string of the molecule is Cc1[nH]nc2ncnc(N3CCCOC(CF)C3)c12. The summed E-state index contributed by atoms with van der Waals surface area (Å²) in [6.07, 6.45) is 1.97. The Morgan fingerprint density at radius 1 is 1.53 bits per heavy atom. The molecule has 0 aromatic carbocycles. The third-order valence-corrected chi connectivity index (χ3v) is 3.33. The van der Waals surface area contributed by atoms with E-state index < -0.39 is 6.67 Å². The van der Waals surface area contributed by atoms with E-state index in [1.165, 1.54) is 6.33 Å². The van der Waals surface area contributed by atoms with Crippen molar-refractivity contribution in [2.24, 2.45) is 0 Å². The Hall–Kier alpha value is -1.76. The summed E-state index contributed by atoms with van der Waals surface area (Å²) in [5.74, 6) is 0.806. The number of rotatable bonds is 2. The maximum atomic E-state index is 12.9. The number of aromatic nitrogens is 4. The highest BCUT2D eigenvalue weighted by Crippen LogP contribution is 2.25. The molecule has 1 fully saturated rings. The molecular weight excluding hydrogens is 249 g/mol. The molecule has 102 valence electrons. The van der Waals surface area contributed by atoms with E-state index in [0.717, 1.165) is 29.9 Å². The molecule has 19 heavy (non-hydrogen) atoms. The van der Waals surface area contributed by atoms with E-state index in [9.17, 15) is 4.39 Å². The normalized spacial score (nSPS) is 20.7. The Balaban J connectivity index is 2.00. The molecule has 1 unspecified atom stereocenters. The Morgan fingerprint density at radius 2 is 2.42 bits per heavy atom. The average molecular weight is 265 g/mol. The maximum Gasteiger partial charge on any atom is 0.186 e. The van der Waals surface area contributed by atoms with E-state index in [2.05, 4.69) is 25.1 Å². The molecule has 0 aliphatic carbocycles. The van der Waals surface area contributed by atoms with Gasteiger partial charge in [0.25, 0.3) is 0 Å². The smallest absolute Gasteiger partial charge is 0.186 e. The lowest BCUT2D eigenvalue weighted by molar-refractivity contribution is 0.0508. The van der Waals surface area contributed by atoms with Crippen molar-refractivity contribution in [3.05, 3.63) is 12.0 Å². The molecule has 1 N–H and O–H groups in total. The van der Waals surface area contributed by atoms with E-state index in [1.807, 2.05) is 6.92 Å². The highest BCUT2D eigenvalue weighted by atomic mass is 19.1. The number of aryl methyl sites for hydroxylation is 1. The molecule has 0 spiro atoms. The fourth-order valence-electron chi connectivity index (χ4n) is 2.40. The van der Waals surface area contributed by atoms with E-state index in [-0.39, 0.29) is 6.10 Å². The van der Waals surface area contributed by atoms with Gasteiger partial charge in [-0.05, 0) is 13.3 Å². The number of nitrogens with one attached hydrogen (secondary N) is 1. The van der Waals surface area contributed by atoms with Gasteiger partial charge in [-0.25, -0.2) is 14.4 Å². The van der Waals surface area contributed by atoms with Crippen molar-refractivity contribution in [3.8, 4) is 0 Å². The number of aromatic amines is 1. The van der Waals surface area contributed by atoms with Crippen molar-refractivity contribution in [1.29, 1.82) is 0 Å². The number of anilines is 1. The third kappa shape index (κ3) is 2.25. The van der Waals surface area contributed by atoms with Crippen LogP contribution in [0, 0.1) is 6.92 Å². The topological polar surface area (TPSA) is 66.9 Å². The molecule has 1 saturated heterocycles. The molecule has 6 nitrogen and oxygen atoms in total. The number of fused-ring (bicyclic) bond motifs is 1. The molecule has 2 aromatic rings. The Kier molecular flexibility index (Phi) is 3.29. The lowest BCUT2D eigenvalue weighted by atomic mass is 10.2. The molecular formula is C12H16FN5O. The largest absolute Gasteiger partial charge is 0.374 e. The van der Waals surface area contributed by atoms with Crippen LogP contribution in [0.2, 0.25) is 0 Å². The second-order valence-electron chi connectivity index (χ2n) is 4.69. The Morgan fingerprint density at radius 3 is 3.26 bits per heavy atom. The first-order chi connectivity index (χ1) is 9.29. The monoisotopic (exact) mass is 265 g/mol. The zero-order valence-corrected chi connectivity index (χ0v) is 10.8. The molecule has 3 rings (SSSR count). The standard InChI is InChI=1S/C12H16FN5O/c1-8-10-11(17-16-8)14-7-15-12(10)18-3-2-4-19-9(5-13)6-18/h7,9H,2-6H2,1H3,(H,14,15,16,17). The van der Waals surface area contributed by atoms with E-state index in [4.69, 9.17) is 4.74 Å². The van der Waals surface area contributed by atoms with Gasteiger partial charge in [0.15, 0.2) is 5.65 Å². The van der Waals surface area contributed by atoms with Gasteiger partial charge in [-0.2, -0.15) is 5.10 Å². The molecule has 0 bridgehead atoms. The lowest BCUT2D eigenvalue weighted by Gasteiger charge is -2.24. The first-order valence-electron chi connectivity index (χ1n) is 6.38. The van der Waals surface area contributed by atoms with Gasteiger partial charge in [-0.1, -0.05) is 0 Å². The minimum absolute atomic E-state index is 0.389. The zero-order chi connectivity index (χ0) is 13.2. The van der Waals surface area contributed by atoms with Crippen LogP contribution in [0.3, 0.4) is 0 Å². The van der Waals surface area contributed by atoms with Gasteiger partial charge in [-0.3, -0.25) is 5.10 Å². The molecule has 1 atom stereocenters. The Bertz CT molecular complexity index is 572. The molecule has 2 aromatic heterocycles. The number of H-pyrrole nitrogens is 1. The molecule has 0 amide bonds. The minimum Gasteiger partial charge on any atom is -0.374 e. The van der Waals surface area contributed by atoms with Gasteiger partial charge in [-0.15, -0.1) is 0 Å². The number of halogens is 1. The third-order valence-electron chi connectivity index (χ3n) is 3.33. The Labute approximate surface area is 110 Å². The van der Waals surface area contributed by atoms with Crippen LogP contribution in [-0.2, 0) is 4.74 Å². The highest BCUT2D eigenvalue weighted by Gasteiger charge is 2.22. The van der Waals surface area contributed by atoms with Crippen molar-refractivity contribution in [2.75, 3.05) is 31.3 Å². The second-order valence-corrected chi connectivity index (χ2v) is 4.69. The van der Waals surface area contributed by atoms with Gasteiger partial charge < -0.3 is 9.64 Å². The predicted octanol–water partition coefficient (Wildman–Crippen LogP) is 1.23. The molecule has 3 heterocycles. The number of hydrogen-bond acceptors (Lipinski definition) is 5. The molecule has 7 heteroatoms. The molecule has 1 aliphatic rings. The van der Waals surface area contributed by atoms with E-state index >= 15 is 0 Å². The number of nitrogens with zero attached hydrogens (tertiary/aromatic N) is 4. The quantitative estimate of drug-likeness (QED) is 0.884. The lowest BCUT2D eigenvalue weighted by Crippen LogP contribution is -2.33. The van der Waals surface area contributed by atoms with Crippen LogP contribution in [0.5, 0.6) is 0 Å². The van der Waals surface area contributed by atoms with Gasteiger partial charge in [0, 0.05) is 25.4 Å². The van der Waals surface area contributed by atoms with Gasteiger partial charge in [0.05, 0.1) is 5.39 Å². The number of ether oxygens (including phenoxy) is 1.